The van der Waals surface area contributed by atoms with Crippen molar-refractivity contribution in [3.8, 4) is 0 Å². The largest absolute Gasteiger partial charge is 0.465 e. The molecule has 1 spiro atoms. The highest BCUT2D eigenvalue weighted by Gasteiger charge is 2.76. The number of amides is 2. The van der Waals surface area contributed by atoms with E-state index in [9.17, 15) is 19.5 Å². The highest BCUT2D eigenvalue weighted by Crippen LogP contribution is 2.59. The van der Waals surface area contributed by atoms with Crippen molar-refractivity contribution in [1.82, 2.24) is 9.80 Å². The average Bonchev–Trinajstić information content (AvgIpc) is 3.38. The third-order valence-corrected chi connectivity index (χ3v) is 9.31. The summed E-state index contributed by atoms with van der Waals surface area (Å²) < 4.78 is 12.8. The number of allylic oxidation sites excluding steroid dienone is 1. The third-order valence-electron chi connectivity index (χ3n) is 9.31. The van der Waals surface area contributed by atoms with Crippen LogP contribution in [0, 0.1) is 11.8 Å². The Morgan fingerprint density at radius 1 is 0.929 bits per heavy atom. The van der Waals surface area contributed by atoms with Gasteiger partial charge in [-0.25, -0.2) is 0 Å². The van der Waals surface area contributed by atoms with Crippen LogP contribution in [-0.2, 0) is 30.4 Å². The molecule has 8 heteroatoms. The van der Waals surface area contributed by atoms with E-state index in [0.717, 1.165) is 24.8 Å². The number of rotatable bonds is 6. The number of ether oxygens (including phenoxy) is 2. The van der Waals surface area contributed by atoms with Crippen molar-refractivity contribution in [3.63, 3.8) is 0 Å². The summed E-state index contributed by atoms with van der Waals surface area (Å²) in [6, 6.07) is 17.0. The predicted octanol–water partition coefficient (Wildman–Crippen LogP) is 3.96. The molecule has 0 bridgehead atoms. The van der Waals surface area contributed by atoms with Crippen LogP contribution >= 0.6 is 0 Å². The Labute approximate surface area is 246 Å². The van der Waals surface area contributed by atoms with E-state index in [4.69, 9.17) is 9.47 Å². The van der Waals surface area contributed by atoms with Crippen molar-refractivity contribution < 1.29 is 29.0 Å². The van der Waals surface area contributed by atoms with E-state index in [1.807, 2.05) is 91.9 Å². The van der Waals surface area contributed by atoms with Gasteiger partial charge in [-0.2, -0.15) is 0 Å². The molecule has 2 saturated heterocycles. The normalized spacial score (nSPS) is 32.4. The molecular formula is C34H38N2O6. The predicted molar refractivity (Wildman–Crippen MR) is 156 cm³/mol. The SMILES string of the molecule is CC[C@@]12/C=C\CCCCOC(=O)[C@@H]1[C@H]1C(=O)N([C@H](CO)c3ccccc3)C3C(=O)N(Cc4ccccc4)CC=C[C@@]31O2. The molecule has 2 amide bonds. The van der Waals surface area contributed by atoms with Gasteiger partial charge >= 0.3 is 5.97 Å². The van der Waals surface area contributed by atoms with Crippen molar-refractivity contribution in [3.05, 3.63) is 96.1 Å². The minimum atomic E-state index is -1.42. The first-order valence-corrected chi connectivity index (χ1v) is 15.0. The first-order chi connectivity index (χ1) is 20.5. The fourth-order valence-electron chi connectivity index (χ4n) is 7.34. The number of benzene rings is 2. The van der Waals surface area contributed by atoms with Gasteiger partial charge in [0.25, 0.3) is 0 Å². The summed E-state index contributed by atoms with van der Waals surface area (Å²) in [6.45, 7) is 2.49. The zero-order valence-electron chi connectivity index (χ0n) is 23.9. The van der Waals surface area contributed by atoms with Crippen molar-refractivity contribution in [2.45, 2.75) is 62.4 Å². The Hall–Kier alpha value is -3.75. The molecule has 42 heavy (non-hydrogen) atoms. The summed E-state index contributed by atoms with van der Waals surface area (Å²) in [7, 11) is 0. The van der Waals surface area contributed by atoms with Crippen LogP contribution in [0.2, 0.25) is 0 Å². The van der Waals surface area contributed by atoms with Crippen LogP contribution in [0.3, 0.4) is 0 Å². The third kappa shape index (κ3) is 4.57. The number of esters is 1. The Morgan fingerprint density at radius 2 is 1.67 bits per heavy atom. The molecule has 4 aliphatic rings. The Bertz CT molecular complexity index is 1380. The van der Waals surface area contributed by atoms with E-state index in [2.05, 4.69) is 0 Å². The first-order valence-electron chi connectivity index (χ1n) is 15.0. The van der Waals surface area contributed by atoms with Gasteiger partial charge in [0.15, 0.2) is 0 Å². The molecule has 2 aromatic carbocycles. The van der Waals surface area contributed by atoms with E-state index in [1.54, 1.807) is 4.90 Å². The van der Waals surface area contributed by atoms with Gasteiger partial charge in [-0.3, -0.25) is 14.4 Å². The highest BCUT2D eigenvalue weighted by molar-refractivity contribution is 5.99. The summed E-state index contributed by atoms with van der Waals surface area (Å²) in [5, 5.41) is 10.7. The van der Waals surface area contributed by atoms with Gasteiger partial charge in [0.1, 0.15) is 23.2 Å². The fraction of sp³-hybridized carbons (Fsp3) is 0.441. The second-order valence-electron chi connectivity index (χ2n) is 11.6. The van der Waals surface area contributed by atoms with Gasteiger partial charge < -0.3 is 24.4 Å². The van der Waals surface area contributed by atoms with E-state index in [1.165, 1.54) is 4.90 Å². The Balaban J connectivity index is 1.51. The lowest BCUT2D eigenvalue weighted by Crippen LogP contribution is -2.57. The molecule has 2 fully saturated rings. The minimum absolute atomic E-state index is 0.271. The van der Waals surface area contributed by atoms with E-state index < -0.39 is 47.7 Å². The molecule has 2 aromatic rings. The molecular weight excluding hydrogens is 532 g/mol. The van der Waals surface area contributed by atoms with Crippen LogP contribution in [0.15, 0.2) is 85.0 Å². The lowest BCUT2D eigenvalue weighted by Gasteiger charge is -2.41. The molecule has 6 atom stereocenters. The van der Waals surface area contributed by atoms with Gasteiger partial charge in [-0.1, -0.05) is 91.9 Å². The van der Waals surface area contributed by atoms with Crippen LogP contribution in [0.25, 0.3) is 0 Å². The van der Waals surface area contributed by atoms with E-state index >= 15 is 0 Å². The number of likely N-dealkylation sites (tertiary alicyclic amines) is 1. The molecule has 0 saturated carbocycles. The minimum Gasteiger partial charge on any atom is -0.465 e. The maximum absolute atomic E-state index is 14.8. The smallest absolute Gasteiger partial charge is 0.313 e. The van der Waals surface area contributed by atoms with Gasteiger partial charge in [0.2, 0.25) is 11.8 Å². The zero-order valence-corrected chi connectivity index (χ0v) is 23.9. The number of cyclic esters (lactones) is 1. The van der Waals surface area contributed by atoms with E-state index in [-0.39, 0.29) is 18.4 Å². The van der Waals surface area contributed by atoms with Gasteiger partial charge in [-0.05, 0) is 36.8 Å². The zero-order chi connectivity index (χ0) is 29.3. The van der Waals surface area contributed by atoms with Gasteiger partial charge in [0.05, 0.1) is 25.2 Å². The monoisotopic (exact) mass is 570 g/mol. The number of hydrogen-bond acceptors (Lipinski definition) is 6. The summed E-state index contributed by atoms with van der Waals surface area (Å²) in [4.78, 5) is 46.5. The molecule has 0 aromatic heterocycles. The summed E-state index contributed by atoms with van der Waals surface area (Å²) in [5.41, 5.74) is -0.864. The number of carbonyl (C=O) groups is 3. The topological polar surface area (TPSA) is 96.4 Å². The molecule has 1 N–H and O–H groups in total. The fourth-order valence-corrected chi connectivity index (χ4v) is 7.34. The standard InChI is InChI=1S/C34H38N2O6/c1-2-33-18-11-3-4-12-21-41-32(40)28(33)27-30(38)36(26(23-37)25-16-9-6-10-17-25)29-31(39)35(20-13-19-34(27,29)42-33)22-24-14-7-5-8-15-24/h5-11,13-19,26-29,37H,2-4,12,20-23H2,1H3/b18-11-/t26-,27+,28+,29?,33-,34+/m1/s1. The number of hydrogen-bond donors (Lipinski definition) is 1. The second kappa shape index (κ2) is 11.5. The summed E-state index contributed by atoms with van der Waals surface area (Å²) >= 11 is 0. The number of nitrogens with zero attached hydrogens (tertiary/aromatic N) is 2. The van der Waals surface area contributed by atoms with Crippen molar-refractivity contribution in [1.29, 1.82) is 0 Å². The Kier molecular flexibility index (Phi) is 7.77. The maximum atomic E-state index is 14.8. The molecule has 1 unspecified atom stereocenters. The highest BCUT2D eigenvalue weighted by atomic mass is 16.6. The van der Waals surface area contributed by atoms with Crippen LogP contribution in [0.1, 0.15) is 49.8 Å². The molecule has 4 heterocycles. The quantitative estimate of drug-likeness (QED) is 0.417. The van der Waals surface area contributed by atoms with Gasteiger partial charge in [-0.15, -0.1) is 0 Å². The van der Waals surface area contributed by atoms with Crippen molar-refractivity contribution >= 4 is 17.8 Å². The number of aliphatic hydroxyl groups excluding tert-OH is 1. The number of fused-ring (bicyclic) bond motifs is 2. The van der Waals surface area contributed by atoms with Crippen LogP contribution in [0.5, 0.6) is 0 Å². The molecule has 220 valence electrons. The summed E-state index contributed by atoms with van der Waals surface area (Å²) in [5.74, 6) is -3.07. The second-order valence-corrected chi connectivity index (χ2v) is 11.6. The van der Waals surface area contributed by atoms with Crippen LogP contribution < -0.4 is 0 Å². The number of aliphatic hydroxyl groups is 1. The van der Waals surface area contributed by atoms with Crippen molar-refractivity contribution in [2.24, 2.45) is 11.8 Å². The molecule has 8 nitrogen and oxygen atoms in total. The number of carbonyl (C=O) groups excluding carboxylic acids is 3. The van der Waals surface area contributed by atoms with Crippen LogP contribution in [0.4, 0.5) is 0 Å². The maximum Gasteiger partial charge on any atom is 0.313 e. The van der Waals surface area contributed by atoms with Crippen LogP contribution in [-0.4, -0.2) is 69.7 Å². The first kappa shape index (κ1) is 28.4. The molecule has 0 radical (unpaired) electrons. The summed E-state index contributed by atoms with van der Waals surface area (Å²) in [6.07, 6.45) is 10.5. The van der Waals surface area contributed by atoms with Crippen molar-refractivity contribution in [2.75, 3.05) is 19.8 Å². The molecule has 4 aliphatic heterocycles. The lowest BCUT2D eigenvalue weighted by molar-refractivity contribution is -0.163. The lowest BCUT2D eigenvalue weighted by atomic mass is 9.73. The average molecular weight is 571 g/mol. The molecule has 0 aliphatic carbocycles. The van der Waals surface area contributed by atoms with Gasteiger partial charge in [0, 0.05) is 13.1 Å². The Morgan fingerprint density at radius 3 is 2.38 bits per heavy atom. The van der Waals surface area contributed by atoms with E-state index in [0.29, 0.717) is 25.1 Å². The molecule has 6 rings (SSSR count).